The molecule has 0 aliphatic carbocycles. The Balaban J connectivity index is 1.85. The van der Waals surface area contributed by atoms with E-state index in [1.54, 1.807) is 19.4 Å². The molecule has 0 unspecified atom stereocenters. The van der Waals surface area contributed by atoms with Crippen molar-refractivity contribution in [2.45, 2.75) is 6.54 Å². The molecule has 0 saturated carbocycles. The number of H-pyrrole nitrogens is 1. The summed E-state index contributed by atoms with van der Waals surface area (Å²) in [5, 5.41) is 0.394. The summed E-state index contributed by atoms with van der Waals surface area (Å²) in [5.74, 6) is 0. The van der Waals surface area contributed by atoms with Crippen LogP contribution in [0.2, 0.25) is 0 Å². The fraction of sp³-hybridized carbons (Fsp3) is 0.136. The van der Waals surface area contributed by atoms with Gasteiger partial charge in [-0.15, -0.1) is 0 Å². The third-order valence-corrected chi connectivity index (χ3v) is 4.70. The fourth-order valence-electron chi connectivity index (χ4n) is 3.31. The number of hydrogen-bond donors (Lipinski definition) is 1. The van der Waals surface area contributed by atoms with E-state index in [2.05, 4.69) is 22.1 Å². The van der Waals surface area contributed by atoms with Crippen LogP contribution < -0.4 is 11.2 Å². The number of hydrogen-bond acceptors (Lipinski definition) is 4. The van der Waals surface area contributed by atoms with E-state index in [0.717, 1.165) is 22.3 Å². The number of nitrogens with one attached hydrogen (secondary N) is 1. The highest BCUT2D eigenvalue weighted by molar-refractivity contribution is 5.92. The zero-order valence-electron chi connectivity index (χ0n) is 15.4. The van der Waals surface area contributed by atoms with Crippen molar-refractivity contribution in [1.82, 2.24) is 14.5 Å². The summed E-state index contributed by atoms with van der Waals surface area (Å²) in [4.78, 5) is 31.5. The lowest BCUT2D eigenvalue weighted by Gasteiger charge is -2.11. The van der Waals surface area contributed by atoms with E-state index in [0.29, 0.717) is 24.2 Å². The summed E-state index contributed by atoms with van der Waals surface area (Å²) in [5.41, 5.74) is 3.26. The van der Waals surface area contributed by atoms with Crippen molar-refractivity contribution in [3.05, 3.63) is 87.7 Å². The third kappa shape index (κ3) is 3.25. The van der Waals surface area contributed by atoms with Crippen molar-refractivity contribution >= 4 is 11.0 Å². The summed E-state index contributed by atoms with van der Waals surface area (Å²) in [7, 11) is 1.56. The molecule has 0 spiro atoms. The standard InChI is InChI=1S/C22H19N3O3/c1-28-14-13-25-20-19(21(26)24-22(25)27)18(11-12-23-20)17-9-7-16(8-10-17)15-5-3-2-4-6-15/h2-12H,13-14H2,1H3,(H,24,26,27). The van der Waals surface area contributed by atoms with Gasteiger partial charge >= 0.3 is 5.69 Å². The molecule has 0 saturated heterocycles. The Labute approximate surface area is 161 Å². The molecule has 2 aromatic carbocycles. The van der Waals surface area contributed by atoms with Gasteiger partial charge in [-0.3, -0.25) is 14.3 Å². The van der Waals surface area contributed by atoms with E-state index in [1.807, 2.05) is 42.5 Å². The smallest absolute Gasteiger partial charge is 0.330 e. The molecule has 0 bridgehead atoms. The van der Waals surface area contributed by atoms with Gasteiger partial charge in [-0.1, -0.05) is 54.6 Å². The van der Waals surface area contributed by atoms with Crippen LogP contribution in [0.15, 0.2) is 76.4 Å². The normalized spacial score (nSPS) is 11.0. The minimum Gasteiger partial charge on any atom is -0.383 e. The highest BCUT2D eigenvalue weighted by Crippen LogP contribution is 2.27. The summed E-state index contributed by atoms with van der Waals surface area (Å²) in [6.07, 6.45) is 1.62. The van der Waals surface area contributed by atoms with Gasteiger partial charge in [0, 0.05) is 13.3 Å². The van der Waals surface area contributed by atoms with Gasteiger partial charge in [0.1, 0.15) is 5.65 Å². The SMILES string of the molecule is COCCn1c(=O)[nH]c(=O)c2c(-c3ccc(-c4ccccc4)cc3)ccnc21. The molecule has 0 aliphatic rings. The summed E-state index contributed by atoms with van der Waals surface area (Å²) >= 11 is 0. The Morgan fingerprint density at radius 1 is 0.929 bits per heavy atom. The van der Waals surface area contributed by atoms with Crippen LogP contribution in [0.4, 0.5) is 0 Å². The number of aromatic amines is 1. The van der Waals surface area contributed by atoms with Crippen LogP contribution in [-0.2, 0) is 11.3 Å². The molecule has 4 aromatic rings. The number of aromatic nitrogens is 3. The molecule has 0 aliphatic heterocycles. The Bertz CT molecular complexity index is 1230. The van der Waals surface area contributed by atoms with Crippen molar-refractivity contribution < 1.29 is 4.74 Å². The first kappa shape index (κ1) is 17.9. The lowest BCUT2D eigenvalue weighted by atomic mass is 9.99. The lowest BCUT2D eigenvalue weighted by Crippen LogP contribution is -2.32. The number of benzene rings is 2. The average Bonchev–Trinajstić information content (AvgIpc) is 2.74. The van der Waals surface area contributed by atoms with Gasteiger partial charge in [0.05, 0.1) is 18.5 Å². The quantitative estimate of drug-likeness (QED) is 0.583. The summed E-state index contributed by atoms with van der Waals surface area (Å²) in [6.45, 7) is 0.657. The van der Waals surface area contributed by atoms with Crippen molar-refractivity contribution in [2.75, 3.05) is 13.7 Å². The second kappa shape index (κ2) is 7.62. The zero-order chi connectivity index (χ0) is 19.5. The maximum Gasteiger partial charge on any atom is 0.330 e. The highest BCUT2D eigenvalue weighted by Gasteiger charge is 2.14. The molecule has 140 valence electrons. The minimum atomic E-state index is -0.487. The van der Waals surface area contributed by atoms with Gasteiger partial charge in [0.25, 0.3) is 5.56 Å². The van der Waals surface area contributed by atoms with Crippen LogP contribution in [0.25, 0.3) is 33.3 Å². The molecule has 0 atom stereocenters. The van der Waals surface area contributed by atoms with Gasteiger partial charge in [-0.2, -0.15) is 0 Å². The van der Waals surface area contributed by atoms with E-state index in [1.165, 1.54) is 4.57 Å². The van der Waals surface area contributed by atoms with E-state index >= 15 is 0 Å². The second-order valence-corrected chi connectivity index (χ2v) is 6.40. The lowest BCUT2D eigenvalue weighted by molar-refractivity contribution is 0.187. The first-order chi connectivity index (χ1) is 13.7. The molecular weight excluding hydrogens is 354 g/mol. The summed E-state index contributed by atoms with van der Waals surface area (Å²) in [6, 6.07) is 19.9. The van der Waals surface area contributed by atoms with Crippen LogP contribution in [0.3, 0.4) is 0 Å². The van der Waals surface area contributed by atoms with Gasteiger partial charge in [-0.05, 0) is 28.3 Å². The first-order valence-electron chi connectivity index (χ1n) is 8.95. The Morgan fingerprint density at radius 2 is 1.61 bits per heavy atom. The predicted octanol–water partition coefficient (Wildman–Crippen LogP) is 3.07. The maximum atomic E-state index is 12.6. The number of ether oxygens (including phenoxy) is 1. The van der Waals surface area contributed by atoms with E-state index in [4.69, 9.17) is 4.74 Å². The van der Waals surface area contributed by atoms with Crippen LogP contribution in [0.1, 0.15) is 0 Å². The number of nitrogens with zero attached hydrogens (tertiary/aromatic N) is 2. The second-order valence-electron chi connectivity index (χ2n) is 6.40. The van der Waals surface area contributed by atoms with Crippen LogP contribution in [0.5, 0.6) is 0 Å². The largest absolute Gasteiger partial charge is 0.383 e. The molecule has 0 fully saturated rings. The number of fused-ring (bicyclic) bond motifs is 1. The predicted molar refractivity (Wildman–Crippen MR) is 109 cm³/mol. The van der Waals surface area contributed by atoms with Crippen molar-refractivity contribution in [3.8, 4) is 22.3 Å². The number of methoxy groups -OCH3 is 1. The maximum absolute atomic E-state index is 12.6. The zero-order valence-corrected chi connectivity index (χ0v) is 15.4. The molecule has 6 nitrogen and oxygen atoms in total. The molecule has 0 radical (unpaired) electrons. The average molecular weight is 373 g/mol. The molecule has 1 N–H and O–H groups in total. The molecule has 4 rings (SSSR count). The molecule has 0 amide bonds. The van der Waals surface area contributed by atoms with Gasteiger partial charge in [0.15, 0.2) is 0 Å². The van der Waals surface area contributed by atoms with Crippen molar-refractivity contribution in [1.29, 1.82) is 0 Å². The third-order valence-electron chi connectivity index (χ3n) is 4.70. The molecule has 2 aromatic heterocycles. The first-order valence-corrected chi connectivity index (χ1v) is 8.95. The Hall–Kier alpha value is -3.51. The molecule has 28 heavy (non-hydrogen) atoms. The van der Waals surface area contributed by atoms with Crippen LogP contribution in [0, 0.1) is 0 Å². The monoisotopic (exact) mass is 373 g/mol. The highest BCUT2D eigenvalue weighted by atomic mass is 16.5. The van der Waals surface area contributed by atoms with Crippen LogP contribution >= 0.6 is 0 Å². The Kier molecular flexibility index (Phi) is 4.87. The van der Waals surface area contributed by atoms with E-state index < -0.39 is 11.2 Å². The van der Waals surface area contributed by atoms with Gasteiger partial charge < -0.3 is 4.74 Å². The molecule has 2 heterocycles. The van der Waals surface area contributed by atoms with Gasteiger partial charge in [-0.25, -0.2) is 9.78 Å². The van der Waals surface area contributed by atoms with Crippen molar-refractivity contribution in [2.24, 2.45) is 0 Å². The fourth-order valence-corrected chi connectivity index (χ4v) is 3.31. The topological polar surface area (TPSA) is 77.0 Å². The van der Waals surface area contributed by atoms with Crippen LogP contribution in [-0.4, -0.2) is 28.3 Å². The van der Waals surface area contributed by atoms with E-state index in [9.17, 15) is 9.59 Å². The molecular formula is C22H19N3O3. The van der Waals surface area contributed by atoms with Crippen molar-refractivity contribution in [3.63, 3.8) is 0 Å². The summed E-state index contributed by atoms with van der Waals surface area (Å²) < 4.78 is 6.50. The number of pyridine rings is 1. The number of rotatable bonds is 5. The van der Waals surface area contributed by atoms with Gasteiger partial charge in [0.2, 0.25) is 0 Å². The Morgan fingerprint density at radius 3 is 2.32 bits per heavy atom. The van der Waals surface area contributed by atoms with E-state index in [-0.39, 0.29) is 0 Å². The minimum absolute atomic E-state index is 0.312. The molecule has 6 heteroatoms.